The molecule has 0 aliphatic carbocycles. The summed E-state index contributed by atoms with van der Waals surface area (Å²) >= 11 is 0. The maximum atomic E-state index is 5.62. The predicted molar refractivity (Wildman–Crippen MR) is 69.6 cm³/mol. The van der Waals surface area contributed by atoms with Crippen molar-refractivity contribution in [2.45, 2.75) is 19.5 Å². The fourth-order valence-electron chi connectivity index (χ4n) is 2.46. The zero-order chi connectivity index (χ0) is 12.1. The summed E-state index contributed by atoms with van der Waals surface area (Å²) in [5.74, 6) is 0. The number of nitrogens with zero attached hydrogens (tertiary/aromatic N) is 3. The smallest absolute Gasteiger partial charge is 0.0271 e. The van der Waals surface area contributed by atoms with Crippen LogP contribution < -0.4 is 5.73 Å². The van der Waals surface area contributed by atoms with Gasteiger partial charge in [0.05, 0.1) is 0 Å². The van der Waals surface area contributed by atoms with Crippen LogP contribution in [0, 0.1) is 0 Å². The monoisotopic (exact) mass is 234 g/mol. The first-order valence-electron chi connectivity index (χ1n) is 6.35. The van der Waals surface area contributed by atoms with E-state index in [0.29, 0.717) is 6.04 Å². The van der Waals surface area contributed by atoms with Crippen LogP contribution in [-0.4, -0.2) is 53.5 Å². The van der Waals surface area contributed by atoms with Crippen molar-refractivity contribution < 1.29 is 0 Å². The van der Waals surface area contributed by atoms with Gasteiger partial charge in [-0.05, 0) is 24.6 Å². The second kappa shape index (κ2) is 6.10. The molecule has 2 N–H and O–H groups in total. The Balaban J connectivity index is 1.85. The highest BCUT2D eigenvalue weighted by Gasteiger charge is 2.22. The van der Waals surface area contributed by atoms with Crippen LogP contribution in [0.1, 0.15) is 12.5 Å². The molecule has 1 saturated heterocycles. The lowest BCUT2D eigenvalue weighted by Gasteiger charge is -2.39. The van der Waals surface area contributed by atoms with Gasteiger partial charge in [-0.25, -0.2) is 0 Å². The third-order valence-corrected chi connectivity index (χ3v) is 3.42. The standard InChI is InChI=1S/C13H22N4/c1-12-10-16(8-9-17(12)7-4-14)11-13-2-5-15-6-3-13/h2-3,5-6,12H,4,7-11,14H2,1H3. The van der Waals surface area contributed by atoms with Crippen LogP contribution in [0.25, 0.3) is 0 Å². The molecule has 0 amide bonds. The van der Waals surface area contributed by atoms with E-state index in [1.54, 1.807) is 0 Å². The van der Waals surface area contributed by atoms with Crippen LogP contribution in [0.5, 0.6) is 0 Å². The number of hydrogen-bond acceptors (Lipinski definition) is 4. The average Bonchev–Trinajstić information content (AvgIpc) is 2.34. The lowest BCUT2D eigenvalue weighted by atomic mass is 10.1. The van der Waals surface area contributed by atoms with Crippen molar-refractivity contribution in [2.24, 2.45) is 5.73 Å². The van der Waals surface area contributed by atoms with Crippen LogP contribution >= 0.6 is 0 Å². The van der Waals surface area contributed by atoms with E-state index in [-0.39, 0.29) is 0 Å². The summed E-state index contributed by atoms with van der Waals surface area (Å²) in [4.78, 5) is 9.03. The van der Waals surface area contributed by atoms with Gasteiger partial charge in [-0.1, -0.05) is 0 Å². The molecule has 2 heterocycles. The summed E-state index contributed by atoms with van der Waals surface area (Å²) in [5, 5.41) is 0. The summed E-state index contributed by atoms with van der Waals surface area (Å²) < 4.78 is 0. The third kappa shape index (κ3) is 3.49. The van der Waals surface area contributed by atoms with E-state index >= 15 is 0 Å². The van der Waals surface area contributed by atoms with Crippen LogP contribution in [-0.2, 0) is 6.54 Å². The first kappa shape index (κ1) is 12.5. The van der Waals surface area contributed by atoms with Crippen molar-refractivity contribution in [3.63, 3.8) is 0 Å². The highest BCUT2D eigenvalue weighted by molar-refractivity contribution is 5.09. The quantitative estimate of drug-likeness (QED) is 0.826. The number of piperazine rings is 1. The van der Waals surface area contributed by atoms with Gasteiger partial charge >= 0.3 is 0 Å². The highest BCUT2D eigenvalue weighted by Crippen LogP contribution is 2.12. The van der Waals surface area contributed by atoms with Gasteiger partial charge in [0, 0.05) is 57.7 Å². The number of rotatable bonds is 4. The zero-order valence-electron chi connectivity index (χ0n) is 10.5. The van der Waals surface area contributed by atoms with Gasteiger partial charge in [-0.15, -0.1) is 0 Å². The van der Waals surface area contributed by atoms with E-state index in [9.17, 15) is 0 Å². The summed E-state index contributed by atoms with van der Waals surface area (Å²) in [6.07, 6.45) is 3.73. The minimum atomic E-state index is 0.606. The van der Waals surface area contributed by atoms with E-state index in [0.717, 1.165) is 39.3 Å². The van der Waals surface area contributed by atoms with E-state index in [1.807, 2.05) is 12.4 Å². The van der Waals surface area contributed by atoms with Crippen molar-refractivity contribution in [1.82, 2.24) is 14.8 Å². The van der Waals surface area contributed by atoms with Gasteiger partial charge in [0.2, 0.25) is 0 Å². The molecule has 1 aromatic heterocycles. The molecular formula is C13H22N4. The molecule has 1 fully saturated rings. The number of aromatic nitrogens is 1. The maximum Gasteiger partial charge on any atom is 0.0271 e. The Labute approximate surface area is 103 Å². The summed E-state index contributed by atoms with van der Waals surface area (Å²) in [5.41, 5.74) is 6.96. The van der Waals surface area contributed by atoms with Gasteiger partial charge in [-0.3, -0.25) is 14.8 Å². The molecule has 0 spiro atoms. The largest absolute Gasteiger partial charge is 0.329 e. The summed E-state index contributed by atoms with van der Waals surface area (Å²) in [6, 6.07) is 4.79. The number of hydrogen-bond donors (Lipinski definition) is 1. The van der Waals surface area contributed by atoms with Gasteiger partial charge in [0.1, 0.15) is 0 Å². The molecule has 0 aromatic carbocycles. The molecule has 0 bridgehead atoms. The topological polar surface area (TPSA) is 45.4 Å². The average molecular weight is 234 g/mol. The number of pyridine rings is 1. The Morgan fingerprint density at radius 2 is 2.12 bits per heavy atom. The molecule has 1 aromatic rings. The minimum Gasteiger partial charge on any atom is -0.329 e. The molecule has 0 radical (unpaired) electrons. The molecular weight excluding hydrogens is 212 g/mol. The van der Waals surface area contributed by atoms with Gasteiger partial charge < -0.3 is 5.73 Å². The van der Waals surface area contributed by atoms with E-state index < -0.39 is 0 Å². The Kier molecular flexibility index (Phi) is 4.48. The molecule has 1 atom stereocenters. The van der Waals surface area contributed by atoms with Crippen LogP contribution in [0.2, 0.25) is 0 Å². The van der Waals surface area contributed by atoms with Gasteiger partial charge in [0.25, 0.3) is 0 Å². The molecule has 1 unspecified atom stereocenters. The summed E-state index contributed by atoms with van der Waals surface area (Å²) in [7, 11) is 0. The molecule has 0 saturated carbocycles. The SMILES string of the molecule is CC1CN(Cc2ccncc2)CCN1CCN. The van der Waals surface area contributed by atoms with Crippen LogP contribution in [0.4, 0.5) is 0 Å². The van der Waals surface area contributed by atoms with E-state index in [1.165, 1.54) is 5.56 Å². The number of nitrogens with two attached hydrogens (primary N) is 1. The highest BCUT2D eigenvalue weighted by atomic mass is 15.3. The van der Waals surface area contributed by atoms with Crippen LogP contribution in [0.15, 0.2) is 24.5 Å². The molecule has 17 heavy (non-hydrogen) atoms. The second-order valence-corrected chi connectivity index (χ2v) is 4.76. The minimum absolute atomic E-state index is 0.606. The lowest BCUT2D eigenvalue weighted by Crippen LogP contribution is -2.52. The predicted octanol–water partition coefficient (Wildman–Crippen LogP) is 0.546. The van der Waals surface area contributed by atoms with Gasteiger partial charge in [-0.2, -0.15) is 0 Å². The maximum absolute atomic E-state index is 5.62. The molecule has 1 aliphatic heterocycles. The van der Waals surface area contributed by atoms with E-state index in [4.69, 9.17) is 5.73 Å². The molecule has 4 heteroatoms. The Morgan fingerprint density at radius 3 is 2.76 bits per heavy atom. The van der Waals surface area contributed by atoms with Gasteiger partial charge in [0.15, 0.2) is 0 Å². The first-order valence-corrected chi connectivity index (χ1v) is 6.35. The van der Waals surface area contributed by atoms with Crippen molar-refractivity contribution in [3.05, 3.63) is 30.1 Å². The fraction of sp³-hybridized carbons (Fsp3) is 0.615. The Morgan fingerprint density at radius 1 is 1.35 bits per heavy atom. The fourth-order valence-corrected chi connectivity index (χ4v) is 2.46. The van der Waals surface area contributed by atoms with Crippen molar-refractivity contribution in [2.75, 3.05) is 32.7 Å². The first-order chi connectivity index (χ1) is 8.29. The molecule has 94 valence electrons. The Hall–Kier alpha value is -0.970. The van der Waals surface area contributed by atoms with E-state index in [2.05, 4.69) is 33.8 Å². The van der Waals surface area contributed by atoms with Crippen molar-refractivity contribution in [3.8, 4) is 0 Å². The molecule has 2 rings (SSSR count). The lowest BCUT2D eigenvalue weighted by molar-refractivity contribution is 0.0815. The summed E-state index contributed by atoms with van der Waals surface area (Å²) in [6.45, 7) is 8.48. The third-order valence-electron chi connectivity index (χ3n) is 3.42. The second-order valence-electron chi connectivity index (χ2n) is 4.76. The normalized spacial score (nSPS) is 22.8. The zero-order valence-corrected chi connectivity index (χ0v) is 10.5. The Bertz CT molecular complexity index is 327. The van der Waals surface area contributed by atoms with Crippen molar-refractivity contribution in [1.29, 1.82) is 0 Å². The van der Waals surface area contributed by atoms with Crippen molar-refractivity contribution >= 4 is 0 Å². The van der Waals surface area contributed by atoms with Crippen LogP contribution in [0.3, 0.4) is 0 Å². The molecule has 4 nitrogen and oxygen atoms in total. The molecule has 1 aliphatic rings.